The molecule has 0 spiro atoms. The van der Waals surface area contributed by atoms with E-state index in [4.69, 9.17) is 9.05 Å². The van der Waals surface area contributed by atoms with Gasteiger partial charge in [-0.2, -0.15) is 4.98 Å². The third kappa shape index (κ3) is 2.75. The minimum absolute atomic E-state index is 0.0892. The van der Waals surface area contributed by atoms with Gasteiger partial charge in [-0.25, -0.2) is 0 Å². The van der Waals surface area contributed by atoms with Crippen molar-refractivity contribution >= 4 is 5.91 Å². The van der Waals surface area contributed by atoms with Gasteiger partial charge in [0, 0.05) is 24.6 Å². The third-order valence-electron chi connectivity index (χ3n) is 5.42. The SMILES string of the molecule is Cc1noc(C)c1C(C)(C)C(=O)N1CC[C@H](c2nc(C3CC3)no2)C1. The van der Waals surface area contributed by atoms with Crippen molar-refractivity contribution in [3.63, 3.8) is 0 Å². The lowest BCUT2D eigenvalue weighted by Gasteiger charge is -2.29. The van der Waals surface area contributed by atoms with E-state index in [2.05, 4.69) is 15.3 Å². The molecule has 1 aliphatic heterocycles. The van der Waals surface area contributed by atoms with Gasteiger partial charge in [-0.15, -0.1) is 0 Å². The molecular weight excluding hydrogens is 320 g/mol. The van der Waals surface area contributed by atoms with Crippen LogP contribution in [0, 0.1) is 13.8 Å². The molecule has 1 aliphatic carbocycles. The summed E-state index contributed by atoms with van der Waals surface area (Å²) in [4.78, 5) is 19.6. The van der Waals surface area contributed by atoms with Gasteiger partial charge in [-0.1, -0.05) is 10.3 Å². The molecule has 4 rings (SSSR count). The van der Waals surface area contributed by atoms with Gasteiger partial charge in [0.2, 0.25) is 11.8 Å². The molecule has 7 nitrogen and oxygen atoms in total. The first kappa shape index (κ1) is 16.3. The quantitative estimate of drug-likeness (QED) is 0.848. The number of carbonyl (C=O) groups is 1. The van der Waals surface area contributed by atoms with Crippen LogP contribution in [0.4, 0.5) is 0 Å². The Labute approximate surface area is 146 Å². The van der Waals surface area contributed by atoms with Gasteiger partial charge < -0.3 is 13.9 Å². The lowest BCUT2D eigenvalue weighted by Crippen LogP contribution is -2.42. The highest BCUT2D eigenvalue weighted by molar-refractivity contribution is 5.88. The Balaban J connectivity index is 1.49. The molecule has 0 aromatic carbocycles. The van der Waals surface area contributed by atoms with Gasteiger partial charge in [0.25, 0.3) is 0 Å². The number of rotatable bonds is 4. The second-order valence-corrected chi connectivity index (χ2v) is 7.83. The van der Waals surface area contributed by atoms with Crippen molar-refractivity contribution in [3.05, 3.63) is 28.7 Å². The average Bonchev–Trinajstić information content (AvgIpc) is 2.99. The molecule has 25 heavy (non-hydrogen) atoms. The minimum atomic E-state index is -0.670. The van der Waals surface area contributed by atoms with Crippen LogP contribution < -0.4 is 0 Å². The molecule has 2 fully saturated rings. The second-order valence-electron chi connectivity index (χ2n) is 7.83. The van der Waals surface area contributed by atoms with Crippen molar-refractivity contribution in [2.45, 2.75) is 64.2 Å². The number of hydrogen-bond donors (Lipinski definition) is 0. The third-order valence-corrected chi connectivity index (χ3v) is 5.42. The maximum atomic E-state index is 13.2. The number of nitrogens with zero attached hydrogens (tertiary/aromatic N) is 4. The van der Waals surface area contributed by atoms with Crippen molar-refractivity contribution in [2.24, 2.45) is 0 Å². The van der Waals surface area contributed by atoms with Crippen molar-refractivity contribution in [1.29, 1.82) is 0 Å². The van der Waals surface area contributed by atoms with Crippen LogP contribution in [0.3, 0.4) is 0 Å². The molecule has 0 radical (unpaired) electrons. The second kappa shape index (κ2) is 5.68. The van der Waals surface area contributed by atoms with Crippen molar-refractivity contribution < 1.29 is 13.8 Å². The monoisotopic (exact) mass is 344 g/mol. The fraction of sp³-hybridized carbons (Fsp3) is 0.667. The summed E-state index contributed by atoms with van der Waals surface area (Å²) < 4.78 is 10.7. The molecule has 3 heterocycles. The average molecular weight is 344 g/mol. The highest BCUT2D eigenvalue weighted by Crippen LogP contribution is 2.39. The molecule has 0 N–H and O–H groups in total. The van der Waals surface area contributed by atoms with Crippen LogP contribution in [-0.2, 0) is 10.2 Å². The number of aromatic nitrogens is 3. The summed E-state index contributed by atoms with van der Waals surface area (Å²) in [6, 6.07) is 0. The Kier molecular flexibility index (Phi) is 3.70. The lowest BCUT2D eigenvalue weighted by atomic mass is 9.82. The Hall–Kier alpha value is -2.18. The topological polar surface area (TPSA) is 85.3 Å². The molecule has 1 saturated carbocycles. The van der Waals surface area contributed by atoms with Crippen LogP contribution in [0.15, 0.2) is 9.05 Å². The normalized spacial score (nSPS) is 21.1. The molecule has 1 amide bonds. The standard InChI is InChI=1S/C18H24N4O3/c1-10-14(11(2)24-20-10)18(3,4)17(23)22-8-7-13(9-22)16-19-15(21-25-16)12-5-6-12/h12-13H,5-9H2,1-4H3/t13-/m0/s1. The van der Waals surface area contributed by atoms with E-state index in [0.717, 1.165) is 36.3 Å². The number of aryl methyl sites for hydroxylation is 2. The van der Waals surface area contributed by atoms with E-state index in [1.54, 1.807) is 0 Å². The van der Waals surface area contributed by atoms with E-state index < -0.39 is 5.41 Å². The number of hydrogen-bond acceptors (Lipinski definition) is 6. The number of carbonyl (C=O) groups excluding carboxylic acids is 1. The summed E-state index contributed by atoms with van der Waals surface area (Å²) in [6.07, 6.45) is 3.16. The first-order chi connectivity index (χ1) is 11.9. The summed E-state index contributed by atoms with van der Waals surface area (Å²) in [7, 11) is 0. The van der Waals surface area contributed by atoms with Gasteiger partial charge in [0.1, 0.15) is 5.76 Å². The van der Waals surface area contributed by atoms with E-state index in [1.165, 1.54) is 0 Å². The molecule has 1 saturated heterocycles. The number of amides is 1. The molecule has 134 valence electrons. The van der Waals surface area contributed by atoms with Crippen LogP contribution in [0.1, 0.15) is 73.7 Å². The molecule has 1 atom stereocenters. The smallest absolute Gasteiger partial charge is 0.232 e. The van der Waals surface area contributed by atoms with Gasteiger partial charge >= 0.3 is 0 Å². The summed E-state index contributed by atoms with van der Waals surface area (Å²) >= 11 is 0. The summed E-state index contributed by atoms with van der Waals surface area (Å²) in [5.41, 5.74) is 0.990. The van der Waals surface area contributed by atoms with E-state index in [-0.39, 0.29) is 11.8 Å². The molecule has 2 aliphatic rings. The van der Waals surface area contributed by atoms with Gasteiger partial charge in [0.05, 0.1) is 17.0 Å². The Morgan fingerprint density at radius 3 is 2.52 bits per heavy atom. The maximum Gasteiger partial charge on any atom is 0.232 e. The number of likely N-dealkylation sites (tertiary alicyclic amines) is 1. The molecular formula is C18H24N4O3. The highest BCUT2D eigenvalue weighted by atomic mass is 16.5. The van der Waals surface area contributed by atoms with E-state index >= 15 is 0 Å². The zero-order valence-corrected chi connectivity index (χ0v) is 15.2. The Morgan fingerprint density at radius 1 is 1.12 bits per heavy atom. The fourth-order valence-corrected chi connectivity index (χ4v) is 3.94. The molecule has 2 aromatic rings. The predicted molar refractivity (Wildman–Crippen MR) is 89.2 cm³/mol. The van der Waals surface area contributed by atoms with Crippen LogP contribution >= 0.6 is 0 Å². The predicted octanol–water partition coefficient (Wildman–Crippen LogP) is 2.85. The summed E-state index contributed by atoms with van der Waals surface area (Å²) in [6.45, 7) is 8.94. The first-order valence-corrected chi connectivity index (χ1v) is 8.94. The Bertz CT molecular complexity index is 784. The van der Waals surface area contributed by atoms with Crippen molar-refractivity contribution in [2.75, 3.05) is 13.1 Å². The highest BCUT2D eigenvalue weighted by Gasteiger charge is 2.42. The lowest BCUT2D eigenvalue weighted by molar-refractivity contribution is -0.135. The summed E-state index contributed by atoms with van der Waals surface area (Å²) in [5.74, 6) is 2.91. The zero-order valence-electron chi connectivity index (χ0n) is 15.2. The molecule has 2 aromatic heterocycles. The minimum Gasteiger partial charge on any atom is -0.361 e. The van der Waals surface area contributed by atoms with Crippen LogP contribution in [0.5, 0.6) is 0 Å². The Morgan fingerprint density at radius 2 is 1.88 bits per heavy atom. The molecule has 7 heteroatoms. The van der Waals surface area contributed by atoms with Crippen molar-refractivity contribution in [3.8, 4) is 0 Å². The zero-order chi connectivity index (χ0) is 17.8. The van der Waals surface area contributed by atoms with Crippen LogP contribution in [0.2, 0.25) is 0 Å². The molecule has 0 bridgehead atoms. The van der Waals surface area contributed by atoms with E-state index in [0.29, 0.717) is 30.7 Å². The van der Waals surface area contributed by atoms with Gasteiger partial charge in [-0.05, 0) is 47.0 Å². The molecule has 0 unspecified atom stereocenters. The van der Waals surface area contributed by atoms with Gasteiger partial charge in [-0.3, -0.25) is 4.79 Å². The largest absolute Gasteiger partial charge is 0.361 e. The van der Waals surface area contributed by atoms with E-state index in [9.17, 15) is 4.79 Å². The van der Waals surface area contributed by atoms with Crippen LogP contribution in [-0.4, -0.2) is 39.2 Å². The van der Waals surface area contributed by atoms with Gasteiger partial charge in [0.15, 0.2) is 5.82 Å². The maximum absolute atomic E-state index is 13.2. The van der Waals surface area contributed by atoms with Crippen molar-refractivity contribution in [1.82, 2.24) is 20.2 Å². The van der Waals surface area contributed by atoms with Crippen LogP contribution in [0.25, 0.3) is 0 Å². The van der Waals surface area contributed by atoms with E-state index in [1.807, 2.05) is 32.6 Å². The summed E-state index contributed by atoms with van der Waals surface area (Å²) in [5, 5.41) is 8.10. The first-order valence-electron chi connectivity index (χ1n) is 8.94. The fourth-order valence-electron chi connectivity index (χ4n) is 3.94.